The summed E-state index contributed by atoms with van der Waals surface area (Å²) in [5.41, 5.74) is 4.30. The average Bonchev–Trinajstić information content (AvgIpc) is 3.03. The molecule has 0 spiro atoms. The average molecular weight is 563 g/mol. The second-order valence-electron chi connectivity index (χ2n) is 10.2. The number of carbonyl (C=O) groups is 4. The first-order chi connectivity index (χ1) is 20.4. The number of aliphatic carboxylic acids is 1. The fraction of sp³-hybridized carbons (Fsp3) is 0.176. The molecule has 2 amide bonds. The Balaban J connectivity index is 1.29. The number of carboxylic acid groups (broad SMARTS) is 1. The standard InChI is InChI=1S/C34H30N2O6/c37-31(25-11-5-2-6-12-25)26-17-15-23(16-18-26)19-29(33(39)40)35-32(38)30-20-27-13-7-8-14-28(27)21-36(30)34(41)42-22-24-9-3-1-4-10-24/h1-18,29-30H,19-22H2,(H,35,38)(H,39,40)/t29-,30-/m0/s1. The van der Waals surface area contributed by atoms with Crippen molar-refractivity contribution in [2.45, 2.75) is 38.1 Å². The van der Waals surface area contributed by atoms with E-state index in [1.807, 2.05) is 60.7 Å². The third-order valence-electron chi connectivity index (χ3n) is 7.30. The Kier molecular flexibility index (Phi) is 8.72. The van der Waals surface area contributed by atoms with Gasteiger partial charge in [0.05, 0.1) is 6.54 Å². The van der Waals surface area contributed by atoms with E-state index in [-0.39, 0.29) is 31.8 Å². The number of carbonyl (C=O) groups excluding carboxylic acids is 3. The van der Waals surface area contributed by atoms with Crippen LogP contribution in [-0.2, 0) is 40.3 Å². The smallest absolute Gasteiger partial charge is 0.411 e. The fourth-order valence-corrected chi connectivity index (χ4v) is 5.00. The number of hydrogen-bond donors (Lipinski definition) is 2. The van der Waals surface area contributed by atoms with Crippen LogP contribution in [0.2, 0.25) is 0 Å². The van der Waals surface area contributed by atoms with Crippen molar-refractivity contribution < 1.29 is 29.0 Å². The van der Waals surface area contributed by atoms with Gasteiger partial charge < -0.3 is 15.2 Å². The van der Waals surface area contributed by atoms with Crippen LogP contribution in [0.5, 0.6) is 0 Å². The Morgan fingerprint density at radius 1 is 0.762 bits per heavy atom. The van der Waals surface area contributed by atoms with Gasteiger partial charge in [0.2, 0.25) is 5.91 Å². The van der Waals surface area contributed by atoms with E-state index in [9.17, 15) is 24.3 Å². The SMILES string of the molecule is O=C(c1ccccc1)c1ccc(C[C@H](NC(=O)[C@@H]2Cc3ccccc3CN2C(=O)OCc2ccccc2)C(=O)O)cc1. The lowest BCUT2D eigenvalue weighted by Crippen LogP contribution is -2.56. The summed E-state index contributed by atoms with van der Waals surface area (Å²) in [6.07, 6.45) is -0.424. The molecule has 0 aliphatic carbocycles. The Morgan fingerprint density at radius 3 is 2.02 bits per heavy atom. The van der Waals surface area contributed by atoms with Crippen LogP contribution < -0.4 is 5.32 Å². The third kappa shape index (κ3) is 6.72. The molecule has 42 heavy (non-hydrogen) atoms. The molecular formula is C34H30N2O6. The van der Waals surface area contributed by atoms with Crippen LogP contribution in [-0.4, -0.2) is 45.8 Å². The van der Waals surface area contributed by atoms with E-state index < -0.39 is 30.1 Å². The second-order valence-corrected chi connectivity index (χ2v) is 10.2. The number of fused-ring (bicyclic) bond motifs is 1. The minimum atomic E-state index is -1.24. The van der Waals surface area contributed by atoms with Gasteiger partial charge in [-0.25, -0.2) is 9.59 Å². The van der Waals surface area contributed by atoms with E-state index in [4.69, 9.17) is 4.74 Å². The molecule has 0 aromatic heterocycles. The van der Waals surface area contributed by atoms with Crippen LogP contribution in [0.4, 0.5) is 4.79 Å². The van der Waals surface area contributed by atoms with E-state index in [0.717, 1.165) is 16.7 Å². The van der Waals surface area contributed by atoms with Gasteiger partial charge in [-0.3, -0.25) is 14.5 Å². The van der Waals surface area contributed by atoms with Crippen LogP contribution in [0, 0.1) is 0 Å². The van der Waals surface area contributed by atoms with E-state index >= 15 is 0 Å². The third-order valence-corrected chi connectivity index (χ3v) is 7.30. The number of benzene rings is 4. The number of ether oxygens (including phenoxy) is 1. The van der Waals surface area contributed by atoms with Gasteiger partial charge in [0.1, 0.15) is 18.7 Å². The van der Waals surface area contributed by atoms with Crippen molar-refractivity contribution in [1.29, 1.82) is 0 Å². The van der Waals surface area contributed by atoms with Crippen molar-refractivity contribution in [3.05, 3.63) is 143 Å². The molecule has 0 unspecified atom stereocenters. The zero-order valence-corrected chi connectivity index (χ0v) is 22.8. The van der Waals surface area contributed by atoms with Gasteiger partial charge in [-0.1, -0.05) is 109 Å². The highest BCUT2D eigenvalue weighted by atomic mass is 16.6. The molecule has 1 heterocycles. The maximum atomic E-state index is 13.5. The number of hydrogen-bond acceptors (Lipinski definition) is 5. The molecule has 8 nitrogen and oxygen atoms in total. The van der Waals surface area contributed by atoms with Gasteiger partial charge in [-0.05, 0) is 22.3 Å². The molecule has 1 aliphatic rings. The van der Waals surface area contributed by atoms with Gasteiger partial charge >= 0.3 is 12.1 Å². The summed E-state index contributed by atoms with van der Waals surface area (Å²) in [7, 11) is 0. The predicted molar refractivity (Wildman–Crippen MR) is 156 cm³/mol. The largest absolute Gasteiger partial charge is 0.480 e. The number of nitrogens with zero attached hydrogens (tertiary/aromatic N) is 1. The van der Waals surface area contributed by atoms with Crippen molar-refractivity contribution in [2.75, 3.05) is 0 Å². The van der Waals surface area contributed by atoms with Gasteiger partial charge in [0, 0.05) is 24.0 Å². The van der Waals surface area contributed by atoms with E-state index in [2.05, 4.69) is 5.32 Å². The van der Waals surface area contributed by atoms with Crippen LogP contribution in [0.3, 0.4) is 0 Å². The first-order valence-corrected chi connectivity index (χ1v) is 13.6. The highest BCUT2D eigenvalue weighted by molar-refractivity contribution is 6.08. The predicted octanol–water partition coefficient (Wildman–Crippen LogP) is 4.79. The Morgan fingerprint density at radius 2 is 1.36 bits per heavy atom. The van der Waals surface area contributed by atoms with Crippen molar-refractivity contribution in [2.24, 2.45) is 0 Å². The van der Waals surface area contributed by atoms with Crippen molar-refractivity contribution in [3.8, 4) is 0 Å². The molecule has 4 aromatic rings. The number of rotatable bonds is 9. The first-order valence-electron chi connectivity index (χ1n) is 13.6. The summed E-state index contributed by atoms with van der Waals surface area (Å²) in [6.45, 7) is 0.212. The summed E-state index contributed by atoms with van der Waals surface area (Å²) in [5, 5.41) is 12.6. The van der Waals surface area contributed by atoms with Gasteiger partial charge in [0.15, 0.2) is 5.78 Å². The molecule has 0 saturated heterocycles. The number of carboxylic acids is 1. The maximum Gasteiger partial charge on any atom is 0.411 e. The zero-order chi connectivity index (χ0) is 29.5. The molecule has 8 heteroatoms. The Labute approximate surface area is 243 Å². The summed E-state index contributed by atoms with van der Waals surface area (Å²) in [6, 6.07) is 30.1. The lowest BCUT2D eigenvalue weighted by molar-refractivity contribution is -0.142. The monoisotopic (exact) mass is 562 g/mol. The molecule has 2 atom stereocenters. The Bertz CT molecular complexity index is 1570. The van der Waals surface area contributed by atoms with Crippen LogP contribution in [0.1, 0.15) is 38.2 Å². The molecule has 0 fully saturated rings. The zero-order valence-electron chi connectivity index (χ0n) is 22.8. The summed E-state index contributed by atoms with van der Waals surface area (Å²) >= 11 is 0. The number of nitrogens with one attached hydrogen (secondary N) is 1. The normalized spacial score (nSPS) is 14.8. The molecule has 4 aromatic carbocycles. The van der Waals surface area contributed by atoms with E-state index in [1.165, 1.54) is 4.90 Å². The molecule has 0 bridgehead atoms. The van der Waals surface area contributed by atoms with E-state index in [1.54, 1.807) is 48.5 Å². The molecule has 0 saturated carbocycles. The molecule has 5 rings (SSSR count). The minimum Gasteiger partial charge on any atom is -0.480 e. The molecule has 0 radical (unpaired) electrons. The quantitative estimate of drug-likeness (QED) is 0.284. The Hall–Kier alpha value is -5.24. The van der Waals surface area contributed by atoms with Gasteiger partial charge in [-0.2, -0.15) is 0 Å². The topological polar surface area (TPSA) is 113 Å². The van der Waals surface area contributed by atoms with Crippen molar-refractivity contribution >= 4 is 23.8 Å². The van der Waals surface area contributed by atoms with Crippen LogP contribution >= 0.6 is 0 Å². The lowest BCUT2D eigenvalue weighted by Gasteiger charge is -2.35. The van der Waals surface area contributed by atoms with Crippen LogP contribution in [0.25, 0.3) is 0 Å². The highest BCUT2D eigenvalue weighted by Crippen LogP contribution is 2.25. The van der Waals surface area contributed by atoms with Gasteiger partial charge in [-0.15, -0.1) is 0 Å². The second kappa shape index (κ2) is 13.0. The lowest BCUT2D eigenvalue weighted by atomic mass is 9.93. The van der Waals surface area contributed by atoms with Crippen molar-refractivity contribution in [3.63, 3.8) is 0 Å². The number of ketones is 1. The van der Waals surface area contributed by atoms with E-state index in [0.29, 0.717) is 16.7 Å². The highest BCUT2D eigenvalue weighted by Gasteiger charge is 2.37. The van der Waals surface area contributed by atoms with Crippen LogP contribution in [0.15, 0.2) is 109 Å². The molecule has 2 N–H and O–H groups in total. The first kappa shape index (κ1) is 28.3. The van der Waals surface area contributed by atoms with Crippen molar-refractivity contribution in [1.82, 2.24) is 10.2 Å². The number of amides is 2. The summed E-state index contributed by atoms with van der Waals surface area (Å²) in [5.74, 6) is -1.92. The fourth-order valence-electron chi connectivity index (χ4n) is 5.00. The minimum absolute atomic E-state index is 0.00262. The molecule has 212 valence electrons. The summed E-state index contributed by atoms with van der Waals surface area (Å²) in [4.78, 5) is 53.0. The molecular weight excluding hydrogens is 532 g/mol. The maximum absolute atomic E-state index is 13.5. The van der Waals surface area contributed by atoms with Gasteiger partial charge in [0.25, 0.3) is 0 Å². The summed E-state index contributed by atoms with van der Waals surface area (Å²) < 4.78 is 5.54. The molecule has 1 aliphatic heterocycles.